The number of nitrogens with one attached hydrogen (secondary N) is 1. The van der Waals surface area contributed by atoms with E-state index < -0.39 is 28.5 Å². The normalized spacial score (nSPS) is 13.3. The van der Waals surface area contributed by atoms with Gasteiger partial charge in [0.2, 0.25) is 11.8 Å². The van der Waals surface area contributed by atoms with Crippen molar-refractivity contribution in [1.29, 1.82) is 0 Å². The fraction of sp³-hybridized carbons (Fsp3) is 0.310. The molecular weight excluding hydrogens is 518 g/mol. The number of likely N-dealkylation sites (N-methyl/N-ethyl adjacent to an activating group) is 1. The lowest BCUT2D eigenvalue weighted by atomic mass is 10.1. The van der Waals surface area contributed by atoms with Crippen molar-refractivity contribution in [3.05, 3.63) is 84.4 Å². The van der Waals surface area contributed by atoms with Crippen LogP contribution in [0.4, 0.5) is 5.69 Å². The van der Waals surface area contributed by atoms with Crippen LogP contribution in [-0.2, 0) is 26.0 Å². The van der Waals surface area contributed by atoms with Crippen LogP contribution in [-0.4, -0.2) is 64.5 Å². The van der Waals surface area contributed by atoms with Crippen molar-refractivity contribution in [2.75, 3.05) is 37.7 Å². The molecule has 0 radical (unpaired) electrons. The number of rotatable bonds is 11. The molecule has 39 heavy (non-hydrogen) atoms. The predicted molar refractivity (Wildman–Crippen MR) is 148 cm³/mol. The molecule has 0 saturated carbocycles. The fourth-order valence-corrected chi connectivity index (χ4v) is 5.93. The number of benzene rings is 3. The number of ether oxygens (including phenoxy) is 2. The molecule has 2 amide bonds. The highest BCUT2D eigenvalue weighted by molar-refractivity contribution is 7.92. The molecule has 0 bridgehead atoms. The van der Waals surface area contributed by atoms with Crippen LogP contribution < -0.4 is 19.1 Å². The molecule has 1 aliphatic rings. The lowest BCUT2D eigenvalue weighted by Gasteiger charge is -2.33. The summed E-state index contributed by atoms with van der Waals surface area (Å²) in [5, 5.41) is 2.63. The average molecular weight is 552 g/mol. The van der Waals surface area contributed by atoms with Crippen LogP contribution in [0, 0.1) is 0 Å². The summed E-state index contributed by atoms with van der Waals surface area (Å²) in [6, 6.07) is 21.6. The zero-order valence-corrected chi connectivity index (χ0v) is 22.9. The Morgan fingerprint density at radius 2 is 1.56 bits per heavy atom. The van der Waals surface area contributed by atoms with Crippen molar-refractivity contribution < 1.29 is 27.5 Å². The van der Waals surface area contributed by atoms with Crippen molar-refractivity contribution in [2.45, 2.75) is 30.7 Å². The largest absolute Gasteiger partial charge is 0.486 e. The quantitative estimate of drug-likeness (QED) is 0.392. The van der Waals surface area contributed by atoms with Gasteiger partial charge in [0.1, 0.15) is 25.8 Å². The number of sulfonamides is 1. The molecule has 206 valence electrons. The van der Waals surface area contributed by atoms with Gasteiger partial charge in [0.25, 0.3) is 10.0 Å². The smallest absolute Gasteiger partial charge is 0.264 e. The van der Waals surface area contributed by atoms with Gasteiger partial charge in [-0.3, -0.25) is 13.9 Å². The Bertz CT molecular complexity index is 1380. The van der Waals surface area contributed by atoms with Crippen LogP contribution >= 0.6 is 0 Å². The minimum atomic E-state index is -4.15. The van der Waals surface area contributed by atoms with Crippen LogP contribution in [0.25, 0.3) is 0 Å². The van der Waals surface area contributed by atoms with E-state index in [0.29, 0.717) is 37.6 Å². The molecule has 3 aromatic rings. The van der Waals surface area contributed by atoms with E-state index in [1.165, 1.54) is 24.1 Å². The van der Waals surface area contributed by atoms with E-state index in [4.69, 9.17) is 9.47 Å². The van der Waals surface area contributed by atoms with Crippen LogP contribution in [0.3, 0.4) is 0 Å². The van der Waals surface area contributed by atoms with E-state index in [1.807, 2.05) is 37.3 Å². The molecule has 10 heteroatoms. The van der Waals surface area contributed by atoms with Gasteiger partial charge in [-0.2, -0.15) is 0 Å². The molecule has 3 aromatic carbocycles. The standard InChI is InChI=1S/C29H33N3O6S/c1-3-25(29(34)30-2)31(17-16-22-10-6-4-7-11-22)28(33)21-32(39(35,36)24-12-8-5-9-13-24)23-14-15-26-27(20-23)38-19-18-37-26/h4-15,20,25H,3,16-19,21H2,1-2H3,(H,30,34)/t25-/m0/s1. The number of hydrogen-bond donors (Lipinski definition) is 1. The van der Waals surface area contributed by atoms with E-state index in [0.717, 1.165) is 9.87 Å². The number of carbonyl (C=O) groups is 2. The third kappa shape index (κ3) is 6.51. The van der Waals surface area contributed by atoms with Gasteiger partial charge in [-0.1, -0.05) is 55.5 Å². The van der Waals surface area contributed by atoms with Gasteiger partial charge in [0, 0.05) is 19.7 Å². The summed E-state index contributed by atoms with van der Waals surface area (Å²) in [6.45, 7) is 2.29. The van der Waals surface area contributed by atoms with E-state index in [2.05, 4.69) is 5.32 Å². The van der Waals surface area contributed by atoms with Gasteiger partial charge < -0.3 is 19.7 Å². The fourth-order valence-electron chi connectivity index (χ4n) is 4.50. The Kier molecular flexibility index (Phi) is 9.08. The van der Waals surface area contributed by atoms with E-state index in [-0.39, 0.29) is 23.0 Å². The first kappa shape index (κ1) is 28.0. The van der Waals surface area contributed by atoms with Crippen molar-refractivity contribution >= 4 is 27.5 Å². The third-order valence-corrected chi connectivity index (χ3v) is 8.33. The van der Waals surface area contributed by atoms with Gasteiger partial charge in [0.15, 0.2) is 11.5 Å². The average Bonchev–Trinajstić information content (AvgIpc) is 2.98. The summed E-state index contributed by atoms with van der Waals surface area (Å²) >= 11 is 0. The van der Waals surface area contributed by atoms with Gasteiger partial charge in [0.05, 0.1) is 10.6 Å². The maximum absolute atomic E-state index is 13.9. The number of carbonyl (C=O) groups excluding carboxylic acids is 2. The van der Waals surface area contributed by atoms with Crippen molar-refractivity contribution in [3.63, 3.8) is 0 Å². The van der Waals surface area contributed by atoms with Crippen LogP contribution in [0.1, 0.15) is 18.9 Å². The highest BCUT2D eigenvalue weighted by atomic mass is 32.2. The lowest BCUT2D eigenvalue weighted by Crippen LogP contribution is -2.52. The summed E-state index contributed by atoms with van der Waals surface area (Å²) in [4.78, 5) is 28.2. The first-order valence-corrected chi connectivity index (χ1v) is 14.3. The molecule has 1 N–H and O–H groups in total. The number of hydrogen-bond acceptors (Lipinski definition) is 6. The number of fused-ring (bicyclic) bond motifs is 1. The Morgan fingerprint density at radius 1 is 0.923 bits per heavy atom. The van der Waals surface area contributed by atoms with Crippen LogP contribution in [0.15, 0.2) is 83.8 Å². The molecule has 1 aliphatic heterocycles. The predicted octanol–water partition coefficient (Wildman–Crippen LogP) is 3.25. The molecule has 1 heterocycles. The molecule has 0 spiro atoms. The van der Waals surface area contributed by atoms with Gasteiger partial charge in [-0.25, -0.2) is 8.42 Å². The topological polar surface area (TPSA) is 105 Å². The number of anilines is 1. The van der Waals surface area contributed by atoms with Gasteiger partial charge in [-0.15, -0.1) is 0 Å². The number of amides is 2. The summed E-state index contributed by atoms with van der Waals surface area (Å²) in [7, 11) is -2.63. The Hall–Kier alpha value is -4.05. The van der Waals surface area contributed by atoms with Gasteiger partial charge >= 0.3 is 0 Å². The van der Waals surface area contributed by atoms with Crippen molar-refractivity contribution in [1.82, 2.24) is 10.2 Å². The lowest BCUT2D eigenvalue weighted by molar-refractivity contribution is -0.139. The summed E-state index contributed by atoms with van der Waals surface area (Å²) < 4.78 is 40.1. The third-order valence-electron chi connectivity index (χ3n) is 6.54. The first-order chi connectivity index (χ1) is 18.8. The Labute approximate surface area is 229 Å². The zero-order valence-electron chi connectivity index (χ0n) is 22.1. The minimum absolute atomic E-state index is 0.0434. The minimum Gasteiger partial charge on any atom is -0.486 e. The monoisotopic (exact) mass is 551 g/mol. The molecule has 4 rings (SSSR count). The highest BCUT2D eigenvalue weighted by Crippen LogP contribution is 2.35. The molecule has 0 aromatic heterocycles. The van der Waals surface area contributed by atoms with Gasteiger partial charge in [-0.05, 0) is 42.7 Å². The maximum Gasteiger partial charge on any atom is 0.264 e. The van der Waals surface area contributed by atoms with E-state index in [1.54, 1.807) is 36.4 Å². The molecule has 0 fully saturated rings. The maximum atomic E-state index is 13.9. The SMILES string of the molecule is CC[C@@H](C(=O)NC)N(CCc1ccccc1)C(=O)CN(c1ccc2c(c1)OCCO2)S(=O)(=O)c1ccccc1. The molecule has 1 atom stereocenters. The van der Waals surface area contributed by atoms with Crippen LogP contribution in [0.5, 0.6) is 11.5 Å². The Morgan fingerprint density at radius 3 is 2.21 bits per heavy atom. The summed E-state index contributed by atoms with van der Waals surface area (Å²) in [6.07, 6.45) is 0.880. The number of nitrogens with zero attached hydrogens (tertiary/aromatic N) is 2. The van der Waals surface area contributed by atoms with E-state index in [9.17, 15) is 18.0 Å². The molecule has 0 aliphatic carbocycles. The second kappa shape index (κ2) is 12.7. The highest BCUT2D eigenvalue weighted by Gasteiger charge is 2.33. The van der Waals surface area contributed by atoms with E-state index >= 15 is 0 Å². The van der Waals surface area contributed by atoms with Crippen LogP contribution in [0.2, 0.25) is 0 Å². The molecule has 9 nitrogen and oxygen atoms in total. The second-order valence-electron chi connectivity index (χ2n) is 9.01. The zero-order chi connectivity index (χ0) is 27.8. The second-order valence-corrected chi connectivity index (χ2v) is 10.9. The first-order valence-electron chi connectivity index (χ1n) is 12.9. The Balaban J connectivity index is 1.71. The summed E-state index contributed by atoms with van der Waals surface area (Å²) in [5.41, 5.74) is 1.26. The molecular formula is C29H33N3O6S. The molecule has 0 unspecified atom stereocenters. The summed E-state index contributed by atoms with van der Waals surface area (Å²) in [5.74, 6) is 0.104. The van der Waals surface area contributed by atoms with Crippen molar-refractivity contribution in [2.24, 2.45) is 0 Å². The van der Waals surface area contributed by atoms with Crippen molar-refractivity contribution in [3.8, 4) is 11.5 Å². The molecule has 0 saturated heterocycles.